The molecule has 146 valence electrons. The van der Waals surface area contributed by atoms with Crippen molar-refractivity contribution in [2.75, 3.05) is 6.61 Å². The van der Waals surface area contributed by atoms with Crippen LogP contribution < -0.4 is 10.3 Å². The fourth-order valence-electron chi connectivity index (χ4n) is 3.16. The predicted molar refractivity (Wildman–Crippen MR) is 113 cm³/mol. The maximum atomic E-state index is 13.7. The molecule has 0 aliphatic carbocycles. The summed E-state index contributed by atoms with van der Waals surface area (Å²) in [6, 6.07) is 20.7. The van der Waals surface area contributed by atoms with Crippen LogP contribution in [-0.4, -0.2) is 16.2 Å². The lowest BCUT2D eigenvalue weighted by Crippen LogP contribution is -2.24. The monoisotopic (exact) mass is 408 g/mol. The van der Waals surface area contributed by atoms with Gasteiger partial charge in [-0.2, -0.15) is 0 Å². The van der Waals surface area contributed by atoms with Gasteiger partial charge in [0.2, 0.25) is 0 Å². The lowest BCUT2D eigenvalue weighted by molar-refractivity contribution is 0.287. The first-order chi connectivity index (χ1) is 14.1. The first-order valence-corrected chi connectivity index (χ1v) is 9.64. The van der Waals surface area contributed by atoms with E-state index in [-0.39, 0.29) is 17.9 Å². The van der Waals surface area contributed by atoms with Gasteiger partial charge in [0, 0.05) is 17.1 Å². The van der Waals surface area contributed by atoms with E-state index in [0.29, 0.717) is 34.7 Å². The van der Waals surface area contributed by atoms with E-state index in [4.69, 9.17) is 21.3 Å². The van der Waals surface area contributed by atoms with Crippen LogP contribution in [0.3, 0.4) is 0 Å². The minimum absolute atomic E-state index is 0.119. The Morgan fingerprint density at radius 1 is 0.966 bits per heavy atom. The van der Waals surface area contributed by atoms with Gasteiger partial charge in [-0.1, -0.05) is 35.9 Å². The molecular weight excluding hydrogens is 391 g/mol. The predicted octanol–water partition coefficient (Wildman–Crippen LogP) is 5.33. The molecule has 0 aliphatic rings. The highest BCUT2D eigenvalue weighted by atomic mass is 35.5. The number of hydrogen-bond donors (Lipinski definition) is 0. The number of hydrogen-bond acceptors (Lipinski definition) is 3. The fraction of sp³-hybridized carbons (Fsp3) is 0.130. The van der Waals surface area contributed by atoms with Crippen molar-refractivity contribution in [3.05, 3.63) is 94.0 Å². The summed E-state index contributed by atoms with van der Waals surface area (Å²) in [5, 5.41) is 1.17. The van der Waals surface area contributed by atoms with Crippen molar-refractivity contribution in [1.29, 1.82) is 0 Å². The van der Waals surface area contributed by atoms with E-state index in [0.717, 1.165) is 5.56 Å². The Morgan fingerprint density at radius 2 is 1.69 bits per heavy atom. The van der Waals surface area contributed by atoms with Crippen molar-refractivity contribution in [2.45, 2.75) is 13.0 Å². The zero-order valence-electron chi connectivity index (χ0n) is 15.5. The number of nitrogens with zero attached hydrogens (tertiary/aromatic N) is 2. The molecule has 0 fully saturated rings. The van der Waals surface area contributed by atoms with Gasteiger partial charge in [-0.05, 0) is 55.0 Å². The van der Waals surface area contributed by atoms with Crippen LogP contribution in [0.5, 0.6) is 5.75 Å². The minimum Gasteiger partial charge on any atom is -0.490 e. The molecular formula is C23H18ClFN2O2. The molecule has 0 N–H and O–H groups in total. The third kappa shape index (κ3) is 4.15. The van der Waals surface area contributed by atoms with E-state index in [1.54, 1.807) is 41.0 Å². The van der Waals surface area contributed by atoms with Crippen LogP contribution in [0.1, 0.15) is 6.42 Å². The smallest absolute Gasteiger partial charge is 0.261 e. The summed E-state index contributed by atoms with van der Waals surface area (Å²) in [6.45, 7) is 0.670. The molecule has 6 heteroatoms. The molecule has 1 aromatic heterocycles. The summed E-state index contributed by atoms with van der Waals surface area (Å²) in [4.78, 5) is 17.8. The van der Waals surface area contributed by atoms with E-state index < -0.39 is 5.82 Å². The minimum atomic E-state index is -0.404. The average Bonchev–Trinajstić information content (AvgIpc) is 2.74. The van der Waals surface area contributed by atoms with Gasteiger partial charge < -0.3 is 4.74 Å². The second kappa shape index (κ2) is 8.45. The largest absolute Gasteiger partial charge is 0.490 e. The summed E-state index contributed by atoms with van der Waals surface area (Å²) in [6.07, 6.45) is 0.523. The van der Waals surface area contributed by atoms with Crippen LogP contribution in [0.25, 0.3) is 22.3 Å². The molecule has 0 amide bonds. The first-order valence-electron chi connectivity index (χ1n) is 9.26. The maximum Gasteiger partial charge on any atom is 0.261 e. The topological polar surface area (TPSA) is 44.1 Å². The molecule has 3 aromatic carbocycles. The van der Waals surface area contributed by atoms with Crippen molar-refractivity contribution in [3.8, 4) is 17.1 Å². The fourth-order valence-corrected chi connectivity index (χ4v) is 3.29. The van der Waals surface area contributed by atoms with Crippen molar-refractivity contribution in [3.63, 3.8) is 0 Å². The zero-order chi connectivity index (χ0) is 20.2. The van der Waals surface area contributed by atoms with Gasteiger partial charge in [0.05, 0.1) is 17.5 Å². The molecule has 4 aromatic rings. The van der Waals surface area contributed by atoms with E-state index in [2.05, 4.69) is 0 Å². The highest BCUT2D eigenvalue weighted by Gasteiger charge is 2.13. The molecule has 0 spiro atoms. The molecule has 0 aliphatic heterocycles. The normalized spacial score (nSPS) is 11.0. The van der Waals surface area contributed by atoms with Crippen LogP contribution in [-0.2, 0) is 6.54 Å². The van der Waals surface area contributed by atoms with E-state index >= 15 is 0 Å². The van der Waals surface area contributed by atoms with Crippen molar-refractivity contribution < 1.29 is 9.13 Å². The van der Waals surface area contributed by atoms with Gasteiger partial charge in [0.1, 0.15) is 5.82 Å². The van der Waals surface area contributed by atoms with Gasteiger partial charge in [0.25, 0.3) is 5.56 Å². The average molecular weight is 409 g/mol. The number of benzene rings is 3. The number of halogens is 2. The van der Waals surface area contributed by atoms with Gasteiger partial charge in [0.15, 0.2) is 11.6 Å². The van der Waals surface area contributed by atoms with Gasteiger partial charge in [-0.15, -0.1) is 0 Å². The first kappa shape index (κ1) is 19.2. The number of fused-ring (bicyclic) bond motifs is 1. The molecule has 0 saturated heterocycles. The Balaban J connectivity index is 1.64. The van der Waals surface area contributed by atoms with Gasteiger partial charge in [-0.25, -0.2) is 9.37 Å². The molecule has 1 heterocycles. The Labute approximate surface area is 172 Å². The molecule has 0 radical (unpaired) electrons. The van der Waals surface area contributed by atoms with E-state index in [1.807, 2.05) is 30.3 Å². The molecule has 0 bridgehead atoms. The molecule has 0 atom stereocenters. The number of aromatic nitrogens is 2. The Kier molecular flexibility index (Phi) is 5.58. The quantitative estimate of drug-likeness (QED) is 0.405. The molecule has 4 rings (SSSR count). The Morgan fingerprint density at radius 3 is 2.48 bits per heavy atom. The van der Waals surface area contributed by atoms with Gasteiger partial charge in [-0.3, -0.25) is 9.36 Å². The maximum absolute atomic E-state index is 13.7. The van der Waals surface area contributed by atoms with Crippen LogP contribution in [0.15, 0.2) is 77.6 Å². The molecule has 4 nitrogen and oxygen atoms in total. The number of rotatable bonds is 6. The second-order valence-corrected chi connectivity index (χ2v) is 6.99. The number of ether oxygens (including phenoxy) is 1. The van der Waals surface area contributed by atoms with Crippen molar-refractivity contribution >= 4 is 22.5 Å². The lowest BCUT2D eigenvalue weighted by atomic mass is 10.1. The van der Waals surface area contributed by atoms with Crippen LogP contribution in [0.4, 0.5) is 4.39 Å². The molecule has 29 heavy (non-hydrogen) atoms. The van der Waals surface area contributed by atoms with Crippen molar-refractivity contribution in [2.24, 2.45) is 0 Å². The second-order valence-electron chi connectivity index (χ2n) is 6.55. The number of para-hydroxylation sites is 2. The third-order valence-electron chi connectivity index (χ3n) is 4.58. The Hall–Kier alpha value is -3.18. The summed E-state index contributed by atoms with van der Waals surface area (Å²) < 4.78 is 20.8. The molecule has 0 unspecified atom stereocenters. The SMILES string of the molecule is O=c1c2ccccc2nc(-c2ccc(Cl)cc2)n1CCCOc1ccccc1F. The highest BCUT2D eigenvalue weighted by molar-refractivity contribution is 6.30. The lowest BCUT2D eigenvalue weighted by Gasteiger charge is -2.14. The van der Waals surface area contributed by atoms with E-state index in [1.165, 1.54) is 6.07 Å². The summed E-state index contributed by atoms with van der Waals surface area (Å²) in [5.41, 5.74) is 1.32. The van der Waals surface area contributed by atoms with Gasteiger partial charge >= 0.3 is 0 Å². The highest BCUT2D eigenvalue weighted by Crippen LogP contribution is 2.22. The van der Waals surface area contributed by atoms with E-state index in [9.17, 15) is 9.18 Å². The summed E-state index contributed by atoms with van der Waals surface area (Å²) >= 11 is 6.00. The summed E-state index contributed by atoms with van der Waals surface area (Å²) in [7, 11) is 0. The van der Waals surface area contributed by atoms with Crippen molar-refractivity contribution in [1.82, 2.24) is 9.55 Å². The van der Waals surface area contributed by atoms with Crippen LogP contribution >= 0.6 is 11.6 Å². The summed E-state index contributed by atoms with van der Waals surface area (Å²) in [5.74, 6) is 0.365. The standard InChI is InChI=1S/C23H18ClFN2O2/c24-17-12-10-16(11-13-17)22-26-20-8-3-1-6-18(20)23(28)27(22)14-5-15-29-21-9-4-2-7-19(21)25/h1-4,6-13H,5,14-15H2. The Bertz CT molecular complexity index is 1210. The zero-order valence-corrected chi connectivity index (χ0v) is 16.3. The van der Waals surface area contributed by atoms with Crippen LogP contribution in [0.2, 0.25) is 5.02 Å². The third-order valence-corrected chi connectivity index (χ3v) is 4.84. The van der Waals surface area contributed by atoms with Crippen LogP contribution in [0, 0.1) is 5.82 Å². The molecule has 0 saturated carbocycles.